The number of unbranched alkanes of at least 4 members (excludes halogenated alkanes) is 2. The molecule has 0 saturated carbocycles. The van der Waals surface area contributed by atoms with Crippen molar-refractivity contribution < 1.29 is 62.5 Å². The van der Waals surface area contributed by atoms with Crippen molar-refractivity contribution >= 4 is 70.7 Å². The van der Waals surface area contributed by atoms with Crippen molar-refractivity contribution in [2.75, 3.05) is 59.5 Å². The van der Waals surface area contributed by atoms with E-state index in [9.17, 15) is 48.3 Å². The highest BCUT2D eigenvalue weighted by Crippen LogP contribution is 2.31. The molecule has 22 heteroatoms. The molecule has 21 nitrogen and oxygen atoms in total. The molecule has 2 aromatic carbocycles. The predicted molar refractivity (Wildman–Crippen MR) is 332 cm³/mol. The van der Waals surface area contributed by atoms with Crippen molar-refractivity contribution in [1.82, 2.24) is 35.6 Å². The maximum atomic E-state index is 14.7. The molecular weight excluding hydrogens is 1120 g/mol. The third-order valence-electron chi connectivity index (χ3n) is 17.0. The van der Waals surface area contributed by atoms with Gasteiger partial charge < -0.3 is 50.4 Å². The highest BCUT2D eigenvalue weighted by Gasteiger charge is 2.44. The summed E-state index contributed by atoms with van der Waals surface area (Å²) < 4.78 is 17.7. The summed E-state index contributed by atoms with van der Waals surface area (Å²) in [6.07, 6.45) is 2.86. The van der Waals surface area contributed by atoms with E-state index in [1.165, 1.54) is 42.8 Å². The number of benzene rings is 2. The van der Waals surface area contributed by atoms with Gasteiger partial charge in [-0.3, -0.25) is 48.2 Å². The first kappa shape index (κ1) is 72.4. The van der Waals surface area contributed by atoms with E-state index in [-0.39, 0.29) is 90.7 Å². The number of Topliss-reactive ketones (excluding diaryl/α,β-unsaturated/α-hetero) is 1. The van der Waals surface area contributed by atoms with Crippen LogP contribution in [0.3, 0.4) is 0 Å². The lowest BCUT2D eigenvalue weighted by atomic mass is 9.89. The number of thioether (sulfide) groups is 1. The van der Waals surface area contributed by atoms with Crippen LogP contribution in [0.25, 0.3) is 0 Å². The molecule has 0 radical (unpaired) electrons. The largest absolute Gasteiger partial charge is 0.445 e. The number of carbonyl (C=O) groups excluding carboxylic acids is 9. The fourth-order valence-corrected chi connectivity index (χ4v) is 12.3. The Morgan fingerprint density at radius 1 is 0.779 bits per heavy atom. The Hall–Kier alpha value is -6.10. The first-order valence-electron chi connectivity index (χ1n) is 30.6. The van der Waals surface area contributed by atoms with Crippen LogP contribution in [0.4, 0.5) is 10.5 Å². The van der Waals surface area contributed by atoms with Gasteiger partial charge in [-0.1, -0.05) is 118 Å². The lowest BCUT2D eigenvalue weighted by Gasteiger charge is -2.41. The second-order valence-corrected chi connectivity index (χ2v) is 25.3. The number of aliphatic hydroxyl groups is 1. The molecule has 2 aromatic rings. The van der Waals surface area contributed by atoms with Crippen molar-refractivity contribution in [2.45, 2.75) is 193 Å². The second-order valence-electron chi connectivity index (χ2n) is 24.3. The van der Waals surface area contributed by atoms with Crippen LogP contribution >= 0.6 is 11.8 Å². The van der Waals surface area contributed by atoms with Crippen LogP contribution in [0, 0.1) is 29.6 Å². The van der Waals surface area contributed by atoms with Gasteiger partial charge in [0.25, 0.3) is 0 Å². The van der Waals surface area contributed by atoms with Gasteiger partial charge in [-0.25, -0.2) is 4.79 Å². The Kier molecular flexibility index (Phi) is 29.5. The van der Waals surface area contributed by atoms with E-state index in [2.05, 4.69) is 21.3 Å². The van der Waals surface area contributed by atoms with Gasteiger partial charge in [0, 0.05) is 59.9 Å². The van der Waals surface area contributed by atoms with E-state index in [0.29, 0.717) is 68.4 Å². The highest BCUT2D eigenvalue weighted by atomic mass is 32.2. The van der Waals surface area contributed by atoms with Gasteiger partial charge in [0.2, 0.25) is 41.4 Å². The molecule has 0 aromatic heterocycles. The first-order chi connectivity index (χ1) is 40.7. The number of ketones is 1. The van der Waals surface area contributed by atoms with E-state index >= 15 is 0 Å². The summed E-state index contributed by atoms with van der Waals surface area (Å²) in [5.41, 5.74) is 1.95. The Bertz CT molecular complexity index is 2560. The summed E-state index contributed by atoms with van der Waals surface area (Å²) in [6.45, 7) is 19.0. The van der Waals surface area contributed by atoms with Crippen LogP contribution in [-0.2, 0) is 59.2 Å². The van der Waals surface area contributed by atoms with Gasteiger partial charge in [0.1, 0.15) is 18.7 Å². The minimum atomic E-state index is -1.03. The molecule has 2 aliphatic heterocycles. The number of anilines is 1. The predicted octanol–water partition coefficient (Wildman–Crippen LogP) is 6.75. The number of ether oxygens (including phenoxy) is 3. The van der Waals surface area contributed by atoms with Crippen LogP contribution in [0.5, 0.6) is 0 Å². The molecule has 0 spiro atoms. The lowest BCUT2D eigenvalue weighted by molar-refractivity contribution is -0.148. The molecule has 2 saturated heterocycles. The minimum absolute atomic E-state index is 0.0488. The van der Waals surface area contributed by atoms with E-state index < -0.39 is 84.3 Å². The third kappa shape index (κ3) is 20.0. The van der Waals surface area contributed by atoms with Gasteiger partial charge in [0.05, 0.1) is 66.6 Å². The number of methoxy groups -OCH3 is 2. The standard InChI is InChI=1S/C64H100N8O13S/c1-16-41(8)57(49(83-13)34-52(75)71-33-23-26-47(71)59(84-14)42(9)60(78)66-43(10)58(77)45-24-19-17-20-25-45)69(11)63(81)55(39(4)5)68-61(79)56(40(6)7)70(12)64(82)85-37-44-28-30-46(31-29-44)65-36-48(73)54(38(2)3)67-51(74)27-21-18-22-32-72-53(76)35-50(86-15)62(72)80/h17,19-20,24-25,28-31,38-43,47,49-50,54-59,65,77H,16,18,21-23,26-27,32-37H2,1-15H3,(H,66,78)(H,67,74)(H,68,79)/t41-,42+,43+,47-,49+,50?,54-,55-,56-,57-,58+,59+/m0/s1. The quantitative estimate of drug-likeness (QED) is 0.0353. The zero-order chi connectivity index (χ0) is 64.1. The lowest BCUT2D eigenvalue weighted by Crippen LogP contribution is -2.60. The number of likely N-dealkylation sites (tertiary alicyclic amines) is 2. The van der Waals surface area contributed by atoms with Gasteiger partial charge in [-0.15, -0.1) is 0 Å². The molecule has 4 rings (SSSR count). The van der Waals surface area contributed by atoms with Crippen molar-refractivity contribution in [3.05, 3.63) is 65.7 Å². The molecular formula is C64H100N8O13S. The minimum Gasteiger partial charge on any atom is -0.445 e. The number of nitrogens with one attached hydrogen (secondary N) is 4. The van der Waals surface area contributed by atoms with Crippen molar-refractivity contribution in [1.29, 1.82) is 0 Å². The molecule has 480 valence electrons. The molecule has 2 fully saturated rings. The summed E-state index contributed by atoms with van der Waals surface area (Å²) in [5.74, 6) is -3.99. The molecule has 8 amide bonds. The maximum absolute atomic E-state index is 14.7. The Morgan fingerprint density at radius 2 is 1.43 bits per heavy atom. The maximum Gasteiger partial charge on any atom is 0.410 e. The highest BCUT2D eigenvalue weighted by molar-refractivity contribution is 8.00. The van der Waals surface area contributed by atoms with Crippen LogP contribution in [0.15, 0.2) is 54.6 Å². The second kappa shape index (κ2) is 35.0. The van der Waals surface area contributed by atoms with Crippen molar-refractivity contribution in [3.8, 4) is 0 Å². The fourth-order valence-electron chi connectivity index (χ4n) is 11.6. The Morgan fingerprint density at radius 3 is 2.00 bits per heavy atom. The number of aliphatic hydroxyl groups excluding tert-OH is 1. The number of likely N-dealkylation sites (N-methyl/N-ethyl adjacent to an activating group) is 2. The van der Waals surface area contributed by atoms with Crippen LogP contribution in [-0.4, -0.2) is 186 Å². The zero-order valence-corrected chi connectivity index (χ0v) is 54.4. The number of hydrogen-bond acceptors (Lipinski definition) is 15. The molecule has 0 bridgehead atoms. The van der Waals surface area contributed by atoms with Crippen molar-refractivity contribution in [3.63, 3.8) is 0 Å². The van der Waals surface area contributed by atoms with Crippen LogP contribution in [0.2, 0.25) is 0 Å². The summed E-state index contributed by atoms with van der Waals surface area (Å²) in [6, 6.07) is 11.7. The molecule has 86 heavy (non-hydrogen) atoms. The number of hydrogen-bond donors (Lipinski definition) is 5. The van der Waals surface area contributed by atoms with Crippen LogP contribution in [0.1, 0.15) is 144 Å². The zero-order valence-electron chi connectivity index (χ0n) is 53.6. The smallest absolute Gasteiger partial charge is 0.410 e. The summed E-state index contributed by atoms with van der Waals surface area (Å²) >= 11 is 1.38. The van der Waals surface area contributed by atoms with Gasteiger partial charge >= 0.3 is 6.09 Å². The summed E-state index contributed by atoms with van der Waals surface area (Å²) in [7, 11) is 6.17. The molecule has 0 aliphatic carbocycles. The number of nitrogens with zero attached hydrogens (tertiary/aromatic N) is 4. The van der Waals surface area contributed by atoms with E-state index in [1.807, 2.05) is 66.0 Å². The molecule has 1 unspecified atom stereocenters. The summed E-state index contributed by atoms with van der Waals surface area (Å²) in [5, 5.41) is 22.5. The number of carbonyl (C=O) groups is 9. The van der Waals surface area contributed by atoms with Crippen molar-refractivity contribution in [2.24, 2.45) is 29.6 Å². The number of imide groups is 1. The average molecular weight is 1220 g/mol. The fraction of sp³-hybridized carbons (Fsp3) is 0.672. The van der Waals surface area contributed by atoms with Gasteiger partial charge in [0.15, 0.2) is 5.78 Å². The first-order valence-corrected chi connectivity index (χ1v) is 31.9. The topological polar surface area (TPSA) is 263 Å². The molecule has 12 atom stereocenters. The van der Waals surface area contributed by atoms with Gasteiger partial charge in [-0.2, -0.15) is 11.8 Å². The van der Waals surface area contributed by atoms with Gasteiger partial charge in [-0.05, 0) is 85.8 Å². The third-order valence-corrected chi connectivity index (χ3v) is 17.9. The Labute approximate surface area is 514 Å². The van der Waals surface area contributed by atoms with E-state index in [1.54, 1.807) is 80.9 Å². The normalized spacial score (nSPS) is 18.8. The average Bonchev–Trinajstić information content (AvgIpc) is 2.64. The molecule has 2 aliphatic rings. The van der Waals surface area contributed by atoms with Crippen LogP contribution < -0.4 is 21.3 Å². The van der Waals surface area contributed by atoms with E-state index in [4.69, 9.17) is 14.2 Å². The number of amides is 8. The SMILES string of the molecule is CC[C@H](C)[C@@H]([C@@H](CC(=O)N1CCC[C@H]1[C@H](OC)[C@@H](C)C(=O)N[C@H](C)[C@@H](O)c1ccccc1)OC)N(C)C(=O)[C@@H](NC(=O)[C@H](C(C)C)N(C)C(=O)OCc1ccc(NCC(=O)[C@@H](NC(=O)CCCCCN2C(=O)CC(SC)C2=O)C(C)C)cc1)C(C)C. The molecule has 2 heterocycles. The molecule has 5 N–H and O–H groups in total. The number of rotatable bonds is 35. The Balaban J connectivity index is 1.32. The monoisotopic (exact) mass is 1220 g/mol. The van der Waals surface area contributed by atoms with E-state index in [0.717, 1.165) is 0 Å². The summed E-state index contributed by atoms with van der Waals surface area (Å²) in [4.78, 5) is 127.